The van der Waals surface area contributed by atoms with Gasteiger partial charge in [0.2, 0.25) is 0 Å². The summed E-state index contributed by atoms with van der Waals surface area (Å²) < 4.78 is 0. The fraction of sp³-hybridized carbons (Fsp3) is 0.632. The van der Waals surface area contributed by atoms with Crippen molar-refractivity contribution in [2.75, 3.05) is 0 Å². The van der Waals surface area contributed by atoms with Crippen LogP contribution < -0.4 is 0 Å². The Bertz CT molecular complexity index is 410. The van der Waals surface area contributed by atoms with Crippen LogP contribution in [0, 0.1) is 6.92 Å². The Morgan fingerprint density at radius 3 is 2.00 bits per heavy atom. The monoisotopic (exact) mass is 259 g/mol. The van der Waals surface area contributed by atoms with Crippen LogP contribution in [-0.4, -0.2) is 0 Å². The summed E-state index contributed by atoms with van der Waals surface area (Å²) in [6.07, 6.45) is 4.41. The molecule has 0 nitrogen and oxygen atoms in total. The Kier molecular flexibility index (Phi) is 5.24. The molecule has 1 rings (SSSR count). The molecule has 0 saturated carbocycles. The number of hydrogen-bond acceptors (Lipinski definition) is 0. The molecule has 0 amide bonds. The van der Waals surface area contributed by atoms with Crippen molar-refractivity contribution in [1.82, 2.24) is 0 Å². The molecule has 1 radical (unpaired) electrons. The SMILES string of the molecule is [CH2]CCc1ccc(C(C)(C)CC)cc1C(C)(C)CC. The maximum absolute atomic E-state index is 4.02. The Balaban J connectivity index is 3.34. The van der Waals surface area contributed by atoms with E-state index in [9.17, 15) is 0 Å². The molecule has 0 heteroatoms. The highest BCUT2D eigenvalue weighted by molar-refractivity contribution is 5.40. The first-order valence-corrected chi connectivity index (χ1v) is 7.71. The van der Waals surface area contributed by atoms with Gasteiger partial charge in [-0.15, -0.1) is 0 Å². The molecule has 1 aromatic carbocycles. The minimum absolute atomic E-state index is 0.254. The van der Waals surface area contributed by atoms with Crippen LogP contribution in [0.15, 0.2) is 18.2 Å². The topological polar surface area (TPSA) is 0 Å². The molecular weight excluding hydrogens is 228 g/mol. The molecule has 0 aliphatic carbocycles. The lowest BCUT2D eigenvalue weighted by atomic mass is 9.74. The molecule has 107 valence electrons. The molecule has 0 heterocycles. The zero-order valence-corrected chi connectivity index (χ0v) is 13.8. The summed E-state index contributed by atoms with van der Waals surface area (Å²) in [6.45, 7) is 18.0. The van der Waals surface area contributed by atoms with Gasteiger partial charge in [0.15, 0.2) is 0 Å². The van der Waals surface area contributed by atoms with Crippen molar-refractivity contribution in [3.05, 3.63) is 41.8 Å². The first-order valence-electron chi connectivity index (χ1n) is 7.71. The maximum atomic E-state index is 4.02. The Morgan fingerprint density at radius 2 is 1.53 bits per heavy atom. The zero-order valence-electron chi connectivity index (χ0n) is 13.8. The van der Waals surface area contributed by atoms with Crippen molar-refractivity contribution in [2.45, 2.75) is 78.1 Å². The van der Waals surface area contributed by atoms with Gasteiger partial charge in [0, 0.05) is 0 Å². The minimum atomic E-state index is 0.254. The third kappa shape index (κ3) is 3.61. The quantitative estimate of drug-likeness (QED) is 0.603. The van der Waals surface area contributed by atoms with Crippen molar-refractivity contribution in [1.29, 1.82) is 0 Å². The van der Waals surface area contributed by atoms with E-state index >= 15 is 0 Å². The number of benzene rings is 1. The second-order valence-electron chi connectivity index (χ2n) is 6.95. The second-order valence-corrected chi connectivity index (χ2v) is 6.95. The van der Waals surface area contributed by atoms with Gasteiger partial charge in [-0.1, -0.05) is 66.7 Å². The summed E-state index contributed by atoms with van der Waals surface area (Å²) >= 11 is 0. The smallest absolute Gasteiger partial charge is 0.0103 e. The van der Waals surface area contributed by atoms with Crippen molar-refractivity contribution in [2.24, 2.45) is 0 Å². The average molecular weight is 259 g/mol. The average Bonchev–Trinajstić information content (AvgIpc) is 2.39. The van der Waals surface area contributed by atoms with E-state index in [0.717, 1.165) is 12.8 Å². The van der Waals surface area contributed by atoms with Gasteiger partial charge >= 0.3 is 0 Å². The molecule has 0 spiro atoms. The lowest BCUT2D eigenvalue weighted by Gasteiger charge is -2.31. The van der Waals surface area contributed by atoms with Crippen LogP contribution in [-0.2, 0) is 17.3 Å². The summed E-state index contributed by atoms with van der Waals surface area (Å²) in [7, 11) is 0. The summed E-state index contributed by atoms with van der Waals surface area (Å²) in [4.78, 5) is 0. The summed E-state index contributed by atoms with van der Waals surface area (Å²) in [6, 6.07) is 7.12. The van der Waals surface area contributed by atoms with Gasteiger partial charge in [-0.05, 0) is 53.2 Å². The Labute approximate surface area is 120 Å². The molecule has 0 unspecified atom stereocenters. The molecular formula is C19H31. The molecule has 0 saturated heterocycles. The van der Waals surface area contributed by atoms with E-state index in [1.165, 1.54) is 29.5 Å². The van der Waals surface area contributed by atoms with E-state index in [4.69, 9.17) is 0 Å². The number of aryl methyl sites for hydroxylation is 1. The maximum Gasteiger partial charge on any atom is -0.0103 e. The van der Waals surface area contributed by atoms with Crippen molar-refractivity contribution >= 4 is 0 Å². The van der Waals surface area contributed by atoms with Crippen LogP contribution in [0.5, 0.6) is 0 Å². The molecule has 1 aromatic rings. The third-order valence-electron chi connectivity index (χ3n) is 4.83. The van der Waals surface area contributed by atoms with Crippen molar-refractivity contribution < 1.29 is 0 Å². The second kappa shape index (κ2) is 6.11. The Morgan fingerprint density at radius 1 is 0.947 bits per heavy atom. The number of hydrogen-bond donors (Lipinski definition) is 0. The molecule has 0 aromatic heterocycles. The highest BCUT2D eigenvalue weighted by Gasteiger charge is 2.25. The van der Waals surface area contributed by atoms with Crippen molar-refractivity contribution in [3.8, 4) is 0 Å². The fourth-order valence-corrected chi connectivity index (χ4v) is 2.43. The standard InChI is InChI=1S/C19H31/c1-8-11-15-12-13-16(18(4,5)9-2)14-17(15)19(6,7)10-3/h12-14H,1,8-11H2,2-7H3. The van der Waals surface area contributed by atoms with Crippen LogP contribution >= 0.6 is 0 Å². The lowest BCUT2D eigenvalue weighted by Crippen LogP contribution is -2.21. The fourth-order valence-electron chi connectivity index (χ4n) is 2.43. The molecule has 0 N–H and O–H groups in total. The molecule has 0 aliphatic rings. The zero-order chi connectivity index (χ0) is 14.7. The van der Waals surface area contributed by atoms with Gasteiger partial charge < -0.3 is 0 Å². The lowest BCUT2D eigenvalue weighted by molar-refractivity contribution is 0.485. The van der Waals surface area contributed by atoms with E-state index in [-0.39, 0.29) is 10.8 Å². The van der Waals surface area contributed by atoms with Gasteiger partial charge in [0.1, 0.15) is 0 Å². The van der Waals surface area contributed by atoms with Crippen molar-refractivity contribution in [3.63, 3.8) is 0 Å². The molecule has 0 aliphatic heterocycles. The highest BCUT2D eigenvalue weighted by atomic mass is 14.3. The summed E-state index contributed by atoms with van der Waals surface area (Å²) in [5, 5.41) is 0. The third-order valence-corrected chi connectivity index (χ3v) is 4.83. The summed E-state index contributed by atoms with van der Waals surface area (Å²) in [5.74, 6) is 0. The van der Waals surface area contributed by atoms with Crippen LogP contribution in [0.3, 0.4) is 0 Å². The van der Waals surface area contributed by atoms with E-state index in [0.29, 0.717) is 0 Å². The van der Waals surface area contributed by atoms with Crippen LogP contribution in [0.4, 0.5) is 0 Å². The molecule has 0 fully saturated rings. The first kappa shape index (κ1) is 16.3. The minimum Gasteiger partial charge on any atom is -0.0646 e. The molecule has 0 bridgehead atoms. The van der Waals surface area contributed by atoms with E-state index in [2.05, 4.69) is 66.7 Å². The van der Waals surface area contributed by atoms with Crippen LogP contribution in [0.25, 0.3) is 0 Å². The summed E-state index contributed by atoms with van der Waals surface area (Å²) in [5.41, 5.74) is 5.00. The Hall–Kier alpha value is -0.780. The van der Waals surface area contributed by atoms with E-state index < -0.39 is 0 Å². The van der Waals surface area contributed by atoms with E-state index in [1.54, 1.807) is 0 Å². The van der Waals surface area contributed by atoms with E-state index in [1.807, 2.05) is 0 Å². The van der Waals surface area contributed by atoms with Gasteiger partial charge in [-0.25, -0.2) is 0 Å². The van der Waals surface area contributed by atoms with Gasteiger partial charge in [0.05, 0.1) is 0 Å². The van der Waals surface area contributed by atoms with Crippen LogP contribution in [0.1, 0.15) is 77.5 Å². The largest absolute Gasteiger partial charge is 0.0646 e. The highest BCUT2D eigenvalue weighted by Crippen LogP contribution is 2.35. The van der Waals surface area contributed by atoms with Gasteiger partial charge in [-0.3, -0.25) is 0 Å². The van der Waals surface area contributed by atoms with Crippen LogP contribution in [0.2, 0.25) is 0 Å². The normalized spacial score (nSPS) is 12.8. The predicted octanol–water partition coefficient (Wildman–Crippen LogP) is 5.83. The van der Waals surface area contributed by atoms with Gasteiger partial charge in [-0.2, -0.15) is 0 Å². The molecule has 19 heavy (non-hydrogen) atoms. The van der Waals surface area contributed by atoms with Gasteiger partial charge in [0.25, 0.3) is 0 Å². The first-order chi connectivity index (χ1) is 8.78. The number of rotatable bonds is 6. The molecule has 0 atom stereocenters. The predicted molar refractivity (Wildman–Crippen MR) is 86.8 cm³/mol.